The molecule has 104 valence electrons. The standard InChI is InChI=1S/C16H24N2O/c1-3-11-16(2,17)15(19)18(14-9-10-14)12-13-7-5-4-6-8-13/h4-8,14H,3,9-12,17H2,1-2H3. The summed E-state index contributed by atoms with van der Waals surface area (Å²) in [6.45, 7) is 4.61. The van der Waals surface area contributed by atoms with Crippen molar-refractivity contribution >= 4 is 5.91 Å². The first-order chi connectivity index (χ1) is 9.04. The zero-order chi connectivity index (χ0) is 13.9. The highest BCUT2D eigenvalue weighted by Gasteiger charge is 2.39. The van der Waals surface area contributed by atoms with Crippen LogP contribution in [0.15, 0.2) is 30.3 Å². The van der Waals surface area contributed by atoms with Crippen molar-refractivity contribution in [3.05, 3.63) is 35.9 Å². The minimum atomic E-state index is -0.730. The zero-order valence-corrected chi connectivity index (χ0v) is 11.9. The molecule has 1 aromatic carbocycles. The molecule has 0 spiro atoms. The van der Waals surface area contributed by atoms with Crippen LogP contribution in [0.2, 0.25) is 0 Å². The summed E-state index contributed by atoms with van der Waals surface area (Å²) in [5.41, 5.74) is 6.65. The van der Waals surface area contributed by atoms with Gasteiger partial charge < -0.3 is 10.6 Å². The molecule has 0 aromatic heterocycles. The first-order valence-electron chi connectivity index (χ1n) is 7.18. The molecule has 2 rings (SSSR count). The van der Waals surface area contributed by atoms with E-state index >= 15 is 0 Å². The van der Waals surface area contributed by atoms with Gasteiger partial charge in [-0.15, -0.1) is 0 Å². The van der Waals surface area contributed by atoms with Gasteiger partial charge >= 0.3 is 0 Å². The number of benzene rings is 1. The highest BCUT2D eigenvalue weighted by atomic mass is 16.2. The first kappa shape index (κ1) is 14.1. The Bertz CT molecular complexity index is 424. The maximum absolute atomic E-state index is 12.6. The summed E-state index contributed by atoms with van der Waals surface area (Å²) in [5.74, 6) is 0.0979. The number of rotatable bonds is 6. The molecule has 1 aliphatic carbocycles. The third-order valence-electron chi connectivity index (χ3n) is 3.70. The average molecular weight is 260 g/mol. The number of amides is 1. The molecule has 0 saturated heterocycles. The van der Waals surface area contributed by atoms with Gasteiger partial charge in [0.15, 0.2) is 0 Å². The topological polar surface area (TPSA) is 46.3 Å². The molecule has 0 aliphatic heterocycles. The molecule has 19 heavy (non-hydrogen) atoms. The van der Waals surface area contributed by atoms with E-state index in [2.05, 4.69) is 19.1 Å². The molecule has 3 nitrogen and oxygen atoms in total. The molecule has 0 bridgehead atoms. The lowest BCUT2D eigenvalue weighted by Gasteiger charge is -2.32. The molecule has 0 heterocycles. The number of hydrogen-bond donors (Lipinski definition) is 1. The van der Waals surface area contributed by atoms with E-state index in [0.29, 0.717) is 12.6 Å². The lowest BCUT2D eigenvalue weighted by molar-refractivity contribution is -0.138. The van der Waals surface area contributed by atoms with Crippen LogP contribution in [0.25, 0.3) is 0 Å². The molecule has 1 amide bonds. The van der Waals surface area contributed by atoms with Crippen LogP contribution in [0, 0.1) is 0 Å². The predicted octanol–water partition coefficient (Wildman–Crippen LogP) is 2.70. The summed E-state index contributed by atoms with van der Waals surface area (Å²) in [6, 6.07) is 10.5. The molecular formula is C16H24N2O. The Morgan fingerprint density at radius 3 is 2.53 bits per heavy atom. The predicted molar refractivity (Wildman–Crippen MR) is 77.5 cm³/mol. The van der Waals surface area contributed by atoms with Crippen molar-refractivity contribution in [1.82, 2.24) is 4.90 Å². The van der Waals surface area contributed by atoms with Crippen LogP contribution >= 0.6 is 0 Å². The zero-order valence-electron chi connectivity index (χ0n) is 11.9. The second kappa shape index (κ2) is 5.74. The van der Waals surface area contributed by atoms with Gasteiger partial charge in [-0.3, -0.25) is 4.79 Å². The largest absolute Gasteiger partial charge is 0.334 e. The highest BCUT2D eigenvalue weighted by Crippen LogP contribution is 2.30. The fourth-order valence-corrected chi connectivity index (χ4v) is 2.49. The normalized spacial score (nSPS) is 17.8. The van der Waals surface area contributed by atoms with Gasteiger partial charge in [0, 0.05) is 12.6 Å². The third-order valence-corrected chi connectivity index (χ3v) is 3.70. The molecule has 1 fully saturated rings. The van der Waals surface area contributed by atoms with Gasteiger partial charge in [-0.1, -0.05) is 43.7 Å². The van der Waals surface area contributed by atoms with E-state index in [1.165, 1.54) is 5.56 Å². The van der Waals surface area contributed by atoms with Crippen molar-refractivity contribution in [1.29, 1.82) is 0 Å². The Balaban J connectivity index is 2.10. The van der Waals surface area contributed by atoms with E-state index in [-0.39, 0.29) is 5.91 Å². The molecule has 1 aliphatic rings. The second-order valence-corrected chi connectivity index (χ2v) is 5.82. The molecular weight excluding hydrogens is 236 g/mol. The van der Waals surface area contributed by atoms with Gasteiger partial charge in [0.25, 0.3) is 0 Å². The van der Waals surface area contributed by atoms with E-state index in [0.717, 1.165) is 25.7 Å². The van der Waals surface area contributed by atoms with E-state index < -0.39 is 5.54 Å². The minimum absolute atomic E-state index is 0.0979. The summed E-state index contributed by atoms with van der Waals surface area (Å²) in [7, 11) is 0. The van der Waals surface area contributed by atoms with Crippen molar-refractivity contribution in [3.8, 4) is 0 Å². The fourth-order valence-electron chi connectivity index (χ4n) is 2.49. The van der Waals surface area contributed by atoms with E-state index in [4.69, 9.17) is 5.73 Å². The Hall–Kier alpha value is -1.35. The van der Waals surface area contributed by atoms with Crippen LogP contribution < -0.4 is 5.73 Å². The smallest absolute Gasteiger partial charge is 0.242 e. The lowest BCUT2D eigenvalue weighted by atomic mass is 9.95. The van der Waals surface area contributed by atoms with E-state index in [9.17, 15) is 4.79 Å². The monoisotopic (exact) mass is 260 g/mol. The molecule has 1 aromatic rings. The number of nitrogens with two attached hydrogens (primary N) is 1. The van der Waals surface area contributed by atoms with Gasteiger partial charge in [-0.25, -0.2) is 0 Å². The number of carbonyl (C=O) groups is 1. The van der Waals surface area contributed by atoms with Crippen LogP contribution in [0.3, 0.4) is 0 Å². The van der Waals surface area contributed by atoms with Gasteiger partial charge in [-0.2, -0.15) is 0 Å². The summed E-state index contributed by atoms with van der Waals surface area (Å²) >= 11 is 0. The first-order valence-corrected chi connectivity index (χ1v) is 7.18. The Morgan fingerprint density at radius 2 is 2.00 bits per heavy atom. The summed E-state index contributed by atoms with van der Waals surface area (Å²) in [6.07, 6.45) is 3.90. The van der Waals surface area contributed by atoms with Gasteiger partial charge in [0.2, 0.25) is 5.91 Å². The molecule has 1 saturated carbocycles. The van der Waals surface area contributed by atoms with Crippen molar-refractivity contribution in [3.63, 3.8) is 0 Å². The highest BCUT2D eigenvalue weighted by molar-refractivity contribution is 5.86. The SMILES string of the molecule is CCCC(C)(N)C(=O)N(Cc1ccccc1)C1CC1. The Labute approximate surface area is 115 Å². The maximum Gasteiger partial charge on any atom is 0.242 e. The average Bonchev–Trinajstić information content (AvgIpc) is 3.20. The summed E-state index contributed by atoms with van der Waals surface area (Å²) in [5, 5.41) is 0. The fraction of sp³-hybridized carbons (Fsp3) is 0.562. The summed E-state index contributed by atoms with van der Waals surface area (Å²) < 4.78 is 0. The van der Waals surface area contributed by atoms with Crippen LogP contribution in [0.5, 0.6) is 0 Å². The Morgan fingerprint density at radius 1 is 1.37 bits per heavy atom. The van der Waals surface area contributed by atoms with Crippen LogP contribution in [-0.2, 0) is 11.3 Å². The quantitative estimate of drug-likeness (QED) is 0.854. The Kier molecular flexibility index (Phi) is 4.25. The maximum atomic E-state index is 12.6. The van der Waals surface area contributed by atoms with Gasteiger partial charge in [-0.05, 0) is 31.7 Å². The molecule has 1 atom stereocenters. The van der Waals surface area contributed by atoms with Crippen molar-refractivity contribution in [2.24, 2.45) is 5.73 Å². The van der Waals surface area contributed by atoms with Crippen LogP contribution in [-0.4, -0.2) is 22.4 Å². The van der Waals surface area contributed by atoms with Gasteiger partial charge in [0.05, 0.1) is 5.54 Å². The summed E-state index contributed by atoms with van der Waals surface area (Å²) in [4.78, 5) is 14.6. The molecule has 2 N–H and O–H groups in total. The second-order valence-electron chi connectivity index (χ2n) is 5.82. The van der Waals surface area contributed by atoms with Crippen LogP contribution in [0.1, 0.15) is 45.1 Å². The molecule has 0 radical (unpaired) electrons. The van der Waals surface area contributed by atoms with Crippen molar-refractivity contribution in [2.75, 3.05) is 0 Å². The molecule has 1 unspecified atom stereocenters. The minimum Gasteiger partial charge on any atom is -0.334 e. The van der Waals surface area contributed by atoms with Crippen molar-refractivity contribution in [2.45, 2.75) is 57.7 Å². The van der Waals surface area contributed by atoms with E-state index in [1.54, 1.807) is 0 Å². The van der Waals surface area contributed by atoms with Crippen molar-refractivity contribution < 1.29 is 4.79 Å². The number of nitrogens with zero attached hydrogens (tertiary/aromatic N) is 1. The number of hydrogen-bond acceptors (Lipinski definition) is 2. The molecule has 3 heteroatoms. The number of carbonyl (C=O) groups excluding carboxylic acids is 1. The van der Waals surface area contributed by atoms with E-state index in [1.807, 2.05) is 30.0 Å². The third kappa shape index (κ3) is 3.57. The lowest BCUT2D eigenvalue weighted by Crippen LogP contribution is -2.53. The van der Waals surface area contributed by atoms with Crippen LogP contribution in [0.4, 0.5) is 0 Å². The van der Waals surface area contributed by atoms with Gasteiger partial charge in [0.1, 0.15) is 0 Å².